The molecule has 0 bridgehead atoms. The standard InChI is InChI=1S/C21H26N4O3/c1-14-12-19(23-13-22-14)24(3)16-8-10-25(11-9-16)21(26)20-15(2)27-17-6-4-5-7-18(17)28-20/h4-7,12-13,15-16,20H,8-11H2,1-3H3. The lowest BCUT2D eigenvalue weighted by Gasteiger charge is -2.40. The highest BCUT2D eigenvalue weighted by Crippen LogP contribution is 2.34. The Kier molecular flexibility index (Phi) is 5.07. The molecule has 2 unspecified atom stereocenters. The summed E-state index contributed by atoms with van der Waals surface area (Å²) in [5.74, 6) is 2.25. The molecule has 0 saturated carbocycles. The molecule has 0 aliphatic carbocycles. The Morgan fingerprint density at radius 2 is 1.82 bits per heavy atom. The van der Waals surface area contributed by atoms with Crippen LogP contribution in [0.4, 0.5) is 5.82 Å². The van der Waals surface area contributed by atoms with E-state index in [-0.39, 0.29) is 12.0 Å². The second-order valence-electron chi connectivity index (χ2n) is 7.49. The lowest BCUT2D eigenvalue weighted by molar-refractivity contribution is -0.145. The number of fused-ring (bicyclic) bond motifs is 1. The highest BCUT2D eigenvalue weighted by atomic mass is 16.6. The number of amides is 1. The molecule has 1 aromatic carbocycles. The minimum Gasteiger partial charge on any atom is -0.482 e. The summed E-state index contributed by atoms with van der Waals surface area (Å²) in [7, 11) is 2.06. The van der Waals surface area contributed by atoms with Crippen molar-refractivity contribution in [2.24, 2.45) is 0 Å². The Labute approximate surface area is 165 Å². The van der Waals surface area contributed by atoms with Gasteiger partial charge in [-0.25, -0.2) is 9.97 Å². The van der Waals surface area contributed by atoms with Gasteiger partial charge in [0.05, 0.1) is 0 Å². The third-order valence-corrected chi connectivity index (χ3v) is 5.56. The van der Waals surface area contributed by atoms with Gasteiger partial charge in [-0.3, -0.25) is 4.79 Å². The van der Waals surface area contributed by atoms with Crippen LogP contribution in [0.15, 0.2) is 36.7 Å². The maximum Gasteiger partial charge on any atom is 0.267 e. The van der Waals surface area contributed by atoms with Crippen LogP contribution in [0.3, 0.4) is 0 Å². The molecule has 1 saturated heterocycles. The Hall–Kier alpha value is -2.83. The number of carbonyl (C=O) groups excluding carboxylic acids is 1. The van der Waals surface area contributed by atoms with Crippen LogP contribution in [0.1, 0.15) is 25.5 Å². The largest absolute Gasteiger partial charge is 0.482 e. The molecule has 2 aliphatic rings. The van der Waals surface area contributed by atoms with Crippen molar-refractivity contribution in [1.82, 2.24) is 14.9 Å². The van der Waals surface area contributed by atoms with Crippen LogP contribution in [0.25, 0.3) is 0 Å². The molecule has 148 valence electrons. The Morgan fingerprint density at radius 3 is 2.50 bits per heavy atom. The van der Waals surface area contributed by atoms with Gasteiger partial charge in [0.2, 0.25) is 6.10 Å². The number of aromatic nitrogens is 2. The van der Waals surface area contributed by atoms with E-state index in [4.69, 9.17) is 9.47 Å². The van der Waals surface area contributed by atoms with E-state index >= 15 is 0 Å². The lowest BCUT2D eigenvalue weighted by atomic mass is 10.0. The molecule has 0 spiro atoms. The number of hydrogen-bond acceptors (Lipinski definition) is 6. The first kappa shape index (κ1) is 18.5. The molecule has 1 aromatic heterocycles. The summed E-state index contributed by atoms with van der Waals surface area (Å²) in [6.07, 6.45) is 2.47. The summed E-state index contributed by atoms with van der Waals surface area (Å²) in [6.45, 7) is 5.25. The summed E-state index contributed by atoms with van der Waals surface area (Å²) in [4.78, 5) is 25.7. The minimum atomic E-state index is -0.603. The molecular formula is C21H26N4O3. The van der Waals surface area contributed by atoms with Crippen molar-refractivity contribution in [2.45, 2.75) is 44.9 Å². The topological polar surface area (TPSA) is 67.8 Å². The number of hydrogen-bond donors (Lipinski definition) is 0. The fourth-order valence-electron chi connectivity index (χ4n) is 3.86. The van der Waals surface area contributed by atoms with E-state index in [0.29, 0.717) is 30.6 Å². The van der Waals surface area contributed by atoms with Crippen LogP contribution in [0, 0.1) is 6.92 Å². The number of benzene rings is 1. The SMILES string of the molecule is Cc1cc(N(C)C2CCN(C(=O)C3Oc4ccccc4OC3C)CC2)ncn1. The Balaban J connectivity index is 1.38. The van der Waals surface area contributed by atoms with Crippen LogP contribution < -0.4 is 14.4 Å². The molecule has 7 heteroatoms. The van der Waals surface area contributed by atoms with E-state index < -0.39 is 6.10 Å². The van der Waals surface area contributed by atoms with Crippen molar-refractivity contribution < 1.29 is 14.3 Å². The van der Waals surface area contributed by atoms with Crippen molar-refractivity contribution in [2.75, 3.05) is 25.0 Å². The third kappa shape index (κ3) is 3.61. The average Bonchev–Trinajstić information content (AvgIpc) is 2.72. The molecular weight excluding hydrogens is 356 g/mol. The molecule has 1 amide bonds. The van der Waals surface area contributed by atoms with Gasteiger partial charge in [-0.1, -0.05) is 12.1 Å². The zero-order chi connectivity index (χ0) is 19.7. The number of likely N-dealkylation sites (tertiary alicyclic amines) is 1. The second-order valence-corrected chi connectivity index (χ2v) is 7.49. The van der Waals surface area contributed by atoms with Crippen molar-refractivity contribution in [3.8, 4) is 11.5 Å². The van der Waals surface area contributed by atoms with Crippen molar-refractivity contribution in [1.29, 1.82) is 0 Å². The monoisotopic (exact) mass is 382 g/mol. The highest BCUT2D eigenvalue weighted by molar-refractivity contribution is 5.82. The van der Waals surface area contributed by atoms with Gasteiger partial charge in [0, 0.05) is 37.9 Å². The van der Waals surface area contributed by atoms with Gasteiger partial charge in [0.1, 0.15) is 18.2 Å². The van der Waals surface area contributed by atoms with Gasteiger partial charge >= 0.3 is 0 Å². The molecule has 2 aliphatic heterocycles. The normalized spacial score (nSPS) is 22.0. The number of aryl methyl sites for hydroxylation is 1. The summed E-state index contributed by atoms with van der Waals surface area (Å²) in [5, 5.41) is 0. The van der Waals surface area contributed by atoms with Crippen LogP contribution in [-0.4, -0.2) is 59.2 Å². The smallest absolute Gasteiger partial charge is 0.267 e. The molecule has 3 heterocycles. The average molecular weight is 382 g/mol. The number of para-hydroxylation sites is 2. The van der Waals surface area contributed by atoms with Crippen LogP contribution in [0.2, 0.25) is 0 Å². The lowest BCUT2D eigenvalue weighted by Crippen LogP contribution is -2.54. The fraction of sp³-hybridized carbons (Fsp3) is 0.476. The molecule has 1 fully saturated rings. The summed E-state index contributed by atoms with van der Waals surface area (Å²) in [5.41, 5.74) is 0.952. The quantitative estimate of drug-likeness (QED) is 0.812. The molecule has 0 radical (unpaired) electrons. The van der Waals surface area contributed by atoms with Gasteiger partial charge in [-0.15, -0.1) is 0 Å². The summed E-state index contributed by atoms with van der Waals surface area (Å²) < 4.78 is 11.9. The van der Waals surface area contributed by atoms with E-state index in [2.05, 4.69) is 21.9 Å². The van der Waals surface area contributed by atoms with Gasteiger partial charge in [0.25, 0.3) is 5.91 Å². The first-order chi connectivity index (χ1) is 13.5. The maximum atomic E-state index is 13.1. The molecule has 7 nitrogen and oxygen atoms in total. The maximum absolute atomic E-state index is 13.1. The number of anilines is 1. The van der Waals surface area contributed by atoms with Crippen LogP contribution >= 0.6 is 0 Å². The predicted molar refractivity (Wildman–Crippen MR) is 106 cm³/mol. The van der Waals surface area contributed by atoms with E-state index in [1.54, 1.807) is 6.33 Å². The third-order valence-electron chi connectivity index (χ3n) is 5.56. The molecule has 2 aromatic rings. The van der Waals surface area contributed by atoms with Crippen molar-refractivity contribution in [3.63, 3.8) is 0 Å². The van der Waals surface area contributed by atoms with E-state index in [1.165, 1.54) is 0 Å². The first-order valence-corrected chi connectivity index (χ1v) is 9.75. The first-order valence-electron chi connectivity index (χ1n) is 9.75. The van der Waals surface area contributed by atoms with Crippen molar-refractivity contribution >= 4 is 11.7 Å². The number of ether oxygens (including phenoxy) is 2. The second kappa shape index (κ2) is 7.66. The number of piperidine rings is 1. The van der Waals surface area contributed by atoms with Gasteiger partial charge in [-0.2, -0.15) is 0 Å². The van der Waals surface area contributed by atoms with E-state index in [0.717, 1.165) is 24.4 Å². The zero-order valence-electron chi connectivity index (χ0n) is 16.5. The van der Waals surface area contributed by atoms with Gasteiger partial charge in [0.15, 0.2) is 11.5 Å². The number of nitrogens with zero attached hydrogens (tertiary/aromatic N) is 4. The number of carbonyl (C=O) groups is 1. The zero-order valence-corrected chi connectivity index (χ0v) is 16.5. The summed E-state index contributed by atoms with van der Waals surface area (Å²) in [6, 6.07) is 9.83. The van der Waals surface area contributed by atoms with Crippen LogP contribution in [0.5, 0.6) is 11.5 Å². The van der Waals surface area contributed by atoms with E-state index in [9.17, 15) is 4.79 Å². The molecule has 4 rings (SSSR count). The summed E-state index contributed by atoms with van der Waals surface area (Å²) >= 11 is 0. The van der Waals surface area contributed by atoms with E-state index in [1.807, 2.05) is 49.1 Å². The van der Waals surface area contributed by atoms with Crippen molar-refractivity contribution in [3.05, 3.63) is 42.4 Å². The molecule has 2 atom stereocenters. The Morgan fingerprint density at radius 1 is 1.14 bits per heavy atom. The highest BCUT2D eigenvalue weighted by Gasteiger charge is 2.38. The minimum absolute atomic E-state index is 0.000914. The molecule has 0 N–H and O–H groups in total. The van der Waals surface area contributed by atoms with Gasteiger partial charge < -0.3 is 19.3 Å². The Bertz CT molecular complexity index is 851. The van der Waals surface area contributed by atoms with Gasteiger partial charge in [-0.05, 0) is 38.8 Å². The number of rotatable bonds is 3. The fourth-order valence-corrected chi connectivity index (χ4v) is 3.86. The molecule has 28 heavy (non-hydrogen) atoms. The van der Waals surface area contributed by atoms with Crippen LogP contribution in [-0.2, 0) is 4.79 Å². The predicted octanol–water partition coefficient (Wildman–Crippen LogP) is 2.44.